The molecule has 59 heavy (non-hydrogen) atoms. The standard InChI is InChI=1S/C18H16ClN3O7S3.C16H15N5O4S2/c1-29-18(26)15-12(4-13(19)31-15)32(27,28)20-5-11-8-6-22(17(25)9(8)7-30-11)10-2-3-14(23)21-16(10)24;1-7-13(27-20-19-7)15(24)17-4-11-8-5-21(16(25)9(8)6-26-11)10-2-3-12(22)18-14(10)23/h4,7,10,20H,2-3,5-6H2,1H3,(H,21,23,24);6,10H,2-5H2,1H3,(H,17,24)(H,18,22,23). The van der Waals surface area contributed by atoms with Crippen LogP contribution >= 0.6 is 57.1 Å². The van der Waals surface area contributed by atoms with Gasteiger partial charge in [-0.1, -0.05) is 16.1 Å². The number of nitrogens with one attached hydrogen (secondary N) is 4. The molecule has 8 rings (SSSR count). The molecule has 2 saturated heterocycles. The van der Waals surface area contributed by atoms with Crippen LogP contribution < -0.4 is 20.7 Å². The molecule has 0 aromatic carbocycles. The summed E-state index contributed by atoms with van der Waals surface area (Å²) in [4.78, 5) is 101. The molecule has 8 heterocycles. The molecule has 4 aliphatic heterocycles. The Morgan fingerprint density at radius 1 is 0.881 bits per heavy atom. The molecular weight excluding hydrogens is 892 g/mol. The van der Waals surface area contributed by atoms with Gasteiger partial charge in [-0.2, -0.15) is 0 Å². The van der Waals surface area contributed by atoms with E-state index in [-0.39, 0.29) is 82.5 Å². The van der Waals surface area contributed by atoms with Crippen molar-refractivity contribution < 1.29 is 51.5 Å². The van der Waals surface area contributed by atoms with E-state index in [9.17, 15) is 46.8 Å². The summed E-state index contributed by atoms with van der Waals surface area (Å²) in [5.41, 5.74) is 3.00. The first-order valence-corrected chi connectivity index (χ1v) is 22.7. The number of amides is 7. The highest BCUT2D eigenvalue weighted by molar-refractivity contribution is 7.89. The Morgan fingerprint density at radius 2 is 1.42 bits per heavy atom. The van der Waals surface area contributed by atoms with Gasteiger partial charge in [0.05, 0.1) is 34.8 Å². The van der Waals surface area contributed by atoms with Crippen LogP contribution in [0.15, 0.2) is 21.7 Å². The number of fused-ring (bicyclic) bond motifs is 2. The van der Waals surface area contributed by atoms with E-state index < -0.39 is 39.9 Å². The predicted molar refractivity (Wildman–Crippen MR) is 211 cm³/mol. The minimum Gasteiger partial charge on any atom is -0.465 e. The van der Waals surface area contributed by atoms with E-state index >= 15 is 0 Å². The molecule has 0 bridgehead atoms. The van der Waals surface area contributed by atoms with Crippen molar-refractivity contribution in [1.82, 2.24) is 40.1 Å². The Bertz CT molecular complexity index is 2560. The van der Waals surface area contributed by atoms with Crippen molar-refractivity contribution >= 4 is 114 Å². The fourth-order valence-corrected chi connectivity index (χ4v) is 12.1. The fraction of sp³-hybridized carbons (Fsp3) is 0.353. The van der Waals surface area contributed by atoms with Crippen LogP contribution in [0.1, 0.15) is 92.3 Å². The van der Waals surface area contributed by atoms with Gasteiger partial charge in [-0.3, -0.25) is 44.2 Å². The Kier molecular flexibility index (Phi) is 12.1. The fourth-order valence-electron chi connectivity index (χ4n) is 6.80. The van der Waals surface area contributed by atoms with Crippen LogP contribution in [0.4, 0.5) is 0 Å². The number of rotatable bonds is 10. The number of aryl methyl sites for hydroxylation is 1. The zero-order valence-corrected chi connectivity index (χ0v) is 35.6. The van der Waals surface area contributed by atoms with Crippen molar-refractivity contribution in [3.63, 3.8) is 0 Å². The highest BCUT2D eigenvalue weighted by Crippen LogP contribution is 2.36. The maximum absolute atomic E-state index is 12.8. The average Bonchev–Trinajstić information content (AvgIpc) is 4.05. The SMILES string of the molecule is COC(=O)c1sc(Cl)cc1S(=O)(=O)NCc1scc2c1CN(C1CCC(=O)NC1=O)C2=O.Cc1nnsc1C(=O)NCc1scc2c1CN(C1CCC(=O)NC1=O)C2=O. The highest BCUT2D eigenvalue weighted by atomic mass is 35.5. The molecule has 0 saturated carbocycles. The number of nitrogens with zero attached hydrogens (tertiary/aromatic N) is 4. The normalized spacial score (nSPS) is 18.9. The van der Waals surface area contributed by atoms with Gasteiger partial charge in [-0.25, -0.2) is 17.9 Å². The summed E-state index contributed by atoms with van der Waals surface area (Å²) in [7, 11) is -2.96. The lowest BCUT2D eigenvalue weighted by Crippen LogP contribution is -2.52. The van der Waals surface area contributed by atoms with Crippen LogP contribution in [0.3, 0.4) is 0 Å². The van der Waals surface area contributed by atoms with Crippen LogP contribution in [0.25, 0.3) is 0 Å². The Labute approximate surface area is 355 Å². The topological polar surface area (TPSA) is 260 Å². The van der Waals surface area contributed by atoms with E-state index in [1.165, 1.54) is 38.5 Å². The van der Waals surface area contributed by atoms with Gasteiger partial charge in [0.2, 0.25) is 33.7 Å². The number of esters is 1. The molecule has 310 valence electrons. The third-order valence-electron chi connectivity index (χ3n) is 9.79. The van der Waals surface area contributed by atoms with Crippen molar-refractivity contribution in [2.75, 3.05) is 7.11 Å². The number of piperidine rings is 2. The number of hydrogen-bond donors (Lipinski definition) is 4. The third kappa shape index (κ3) is 8.42. The minimum atomic E-state index is -4.10. The molecule has 7 amide bonds. The maximum Gasteiger partial charge on any atom is 0.349 e. The minimum absolute atomic E-state index is 0.118. The number of ether oxygens (including phenoxy) is 1. The van der Waals surface area contributed by atoms with Gasteiger partial charge < -0.3 is 19.9 Å². The van der Waals surface area contributed by atoms with Crippen molar-refractivity contribution in [3.8, 4) is 0 Å². The molecule has 4 N–H and O–H groups in total. The predicted octanol–water partition coefficient (Wildman–Crippen LogP) is 2.09. The Balaban J connectivity index is 0.000000181. The largest absolute Gasteiger partial charge is 0.465 e. The second-order valence-corrected chi connectivity index (χ2v) is 19.4. The van der Waals surface area contributed by atoms with Gasteiger partial charge in [-0.05, 0) is 48.5 Å². The third-order valence-corrected chi connectivity index (χ3v) is 15.5. The van der Waals surface area contributed by atoms with Crippen molar-refractivity contribution in [3.05, 3.63) is 68.6 Å². The Hall–Kier alpha value is -4.98. The lowest BCUT2D eigenvalue weighted by atomic mass is 10.0. The lowest BCUT2D eigenvalue weighted by Gasteiger charge is -2.29. The smallest absolute Gasteiger partial charge is 0.349 e. The van der Waals surface area contributed by atoms with Crippen LogP contribution in [0, 0.1) is 6.92 Å². The van der Waals surface area contributed by atoms with E-state index in [4.69, 9.17) is 11.6 Å². The molecule has 19 nitrogen and oxygen atoms in total. The van der Waals surface area contributed by atoms with E-state index in [2.05, 4.69) is 35.0 Å². The number of halogens is 1. The first kappa shape index (κ1) is 42.2. The number of aromatic nitrogens is 2. The quantitative estimate of drug-likeness (QED) is 0.131. The summed E-state index contributed by atoms with van der Waals surface area (Å²) >= 11 is 10.4. The summed E-state index contributed by atoms with van der Waals surface area (Å²) in [6.45, 7) is 2.33. The number of carbonyl (C=O) groups excluding carboxylic acids is 8. The van der Waals surface area contributed by atoms with Gasteiger partial charge in [0.25, 0.3) is 17.7 Å². The summed E-state index contributed by atoms with van der Waals surface area (Å²) in [5, 5.41) is 14.5. The molecular formula is C34H31ClN8O11S5. The molecule has 2 unspecified atom stereocenters. The Morgan fingerprint density at radius 3 is 1.92 bits per heavy atom. The van der Waals surface area contributed by atoms with E-state index in [1.54, 1.807) is 17.7 Å². The van der Waals surface area contributed by atoms with Gasteiger partial charge in [-0.15, -0.1) is 39.1 Å². The number of methoxy groups -OCH3 is 1. The van der Waals surface area contributed by atoms with Gasteiger partial charge in [0, 0.05) is 53.0 Å². The summed E-state index contributed by atoms with van der Waals surface area (Å²) < 4.78 is 36.5. The molecule has 0 aliphatic carbocycles. The second-order valence-electron chi connectivity index (χ2n) is 13.3. The monoisotopic (exact) mass is 922 g/mol. The van der Waals surface area contributed by atoms with Crippen LogP contribution in [-0.2, 0) is 60.1 Å². The van der Waals surface area contributed by atoms with E-state index in [0.29, 0.717) is 45.1 Å². The molecule has 4 aromatic rings. The van der Waals surface area contributed by atoms with Gasteiger partial charge >= 0.3 is 5.97 Å². The number of hydrogen-bond acceptors (Lipinski definition) is 17. The molecule has 4 aromatic heterocycles. The summed E-state index contributed by atoms with van der Waals surface area (Å²) in [6.07, 6.45) is 0.929. The number of carbonyl (C=O) groups is 8. The first-order valence-electron chi connectivity index (χ1n) is 17.5. The summed E-state index contributed by atoms with van der Waals surface area (Å²) in [5.74, 6) is -3.25. The average molecular weight is 923 g/mol. The second kappa shape index (κ2) is 16.9. The molecule has 25 heteroatoms. The molecule has 2 atom stereocenters. The molecule has 2 fully saturated rings. The van der Waals surface area contributed by atoms with Crippen molar-refractivity contribution in [2.24, 2.45) is 0 Å². The van der Waals surface area contributed by atoms with Crippen molar-refractivity contribution in [1.29, 1.82) is 0 Å². The first-order chi connectivity index (χ1) is 28.1. The van der Waals surface area contributed by atoms with Crippen molar-refractivity contribution in [2.45, 2.75) is 75.8 Å². The maximum atomic E-state index is 12.8. The number of sulfonamides is 1. The van der Waals surface area contributed by atoms with E-state index in [0.717, 1.165) is 40.4 Å². The number of imide groups is 2. The van der Waals surface area contributed by atoms with Crippen LogP contribution in [-0.4, -0.2) is 94.3 Å². The lowest BCUT2D eigenvalue weighted by molar-refractivity contribution is -0.138. The van der Waals surface area contributed by atoms with E-state index in [1.807, 2.05) is 0 Å². The molecule has 4 aliphatic rings. The molecule has 0 radical (unpaired) electrons. The van der Waals surface area contributed by atoms with Gasteiger partial charge in [0.1, 0.15) is 26.7 Å². The van der Waals surface area contributed by atoms with Crippen LogP contribution in [0.5, 0.6) is 0 Å². The molecule has 0 spiro atoms. The summed E-state index contributed by atoms with van der Waals surface area (Å²) in [6, 6.07) is -0.216. The van der Waals surface area contributed by atoms with Gasteiger partial charge in [0.15, 0.2) is 0 Å². The zero-order valence-electron chi connectivity index (χ0n) is 30.7. The highest BCUT2D eigenvalue weighted by Gasteiger charge is 2.42. The zero-order chi connectivity index (χ0) is 42.3. The number of thiophene rings is 3. The van der Waals surface area contributed by atoms with Crippen LogP contribution in [0.2, 0.25) is 4.34 Å².